The van der Waals surface area contributed by atoms with Crippen LogP contribution in [0.25, 0.3) is 11.3 Å². The molecule has 1 N–H and O–H groups in total. The molecule has 9 heteroatoms. The van der Waals surface area contributed by atoms with Crippen LogP contribution in [0.15, 0.2) is 58.8 Å². The van der Waals surface area contributed by atoms with Gasteiger partial charge in [-0.1, -0.05) is 29.1 Å². The highest BCUT2D eigenvalue weighted by atomic mass is 32.2. The fourth-order valence-electron chi connectivity index (χ4n) is 3.27. The lowest BCUT2D eigenvalue weighted by atomic mass is 10.1. The molecule has 0 bridgehead atoms. The first-order chi connectivity index (χ1) is 14.0. The van der Waals surface area contributed by atoms with Crippen LogP contribution in [-0.2, 0) is 10.0 Å². The summed E-state index contributed by atoms with van der Waals surface area (Å²) < 4.78 is 31.0. The predicted molar refractivity (Wildman–Crippen MR) is 112 cm³/mol. The van der Waals surface area contributed by atoms with Gasteiger partial charge in [0.2, 0.25) is 10.0 Å². The Kier molecular flexibility index (Phi) is 5.70. The van der Waals surface area contributed by atoms with Crippen molar-refractivity contribution >= 4 is 33.2 Å². The molecule has 29 heavy (non-hydrogen) atoms. The van der Waals surface area contributed by atoms with Gasteiger partial charge in [-0.05, 0) is 54.7 Å². The molecule has 1 amide bonds. The third kappa shape index (κ3) is 4.36. The molecule has 2 heterocycles. The molecule has 0 spiro atoms. The third-order valence-corrected chi connectivity index (χ3v) is 7.25. The number of nitrogens with one attached hydrogen (secondary N) is 1. The van der Waals surface area contributed by atoms with Gasteiger partial charge in [-0.3, -0.25) is 4.79 Å². The second kappa shape index (κ2) is 8.40. The van der Waals surface area contributed by atoms with Crippen molar-refractivity contribution in [1.29, 1.82) is 0 Å². The van der Waals surface area contributed by atoms with Crippen LogP contribution in [0.1, 0.15) is 29.6 Å². The molecule has 0 aliphatic carbocycles. The highest BCUT2D eigenvalue weighted by Crippen LogP contribution is 2.23. The second-order valence-electron chi connectivity index (χ2n) is 6.81. The molecule has 150 valence electrons. The Labute approximate surface area is 173 Å². The predicted octanol–water partition coefficient (Wildman–Crippen LogP) is 3.63. The number of rotatable bonds is 5. The zero-order chi connectivity index (χ0) is 20.3. The van der Waals surface area contributed by atoms with Gasteiger partial charge in [-0.15, -0.1) is 5.10 Å². The average molecular weight is 429 g/mol. The van der Waals surface area contributed by atoms with E-state index in [-0.39, 0.29) is 10.8 Å². The van der Waals surface area contributed by atoms with Crippen molar-refractivity contribution in [1.82, 2.24) is 13.9 Å². The number of anilines is 1. The molecule has 0 unspecified atom stereocenters. The number of piperidine rings is 1. The van der Waals surface area contributed by atoms with Gasteiger partial charge in [0.1, 0.15) is 5.69 Å². The first kappa shape index (κ1) is 19.7. The standard InChI is InChI=1S/C20H20N4O3S2/c25-20(21-17-9-7-15(8-10-17)19-14-28-23-22-19)16-5-4-6-18(13-16)29(26,27)24-11-2-1-3-12-24/h4-10,13-14H,1-3,11-12H2,(H,21,25). The fraction of sp³-hybridized carbons (Fsp3) is 0.250. The summed E-state index contributed by atoms with van der Waals surface area (Å²) in [6.07, 6.45) is 2.78. The van der Waals surface area contributed by atoms with Gasteiger partial charge in [0.15, 0.2) is 0 Å². The average Bonchev–Trinajstić information content (AvgIpc) is 3.30. The lowest BCUT2D eigenvalue weighted by molar-refractivity contribution is 0.102. The van der Waals surface area contributed by atoms with Crippen LogP contribution >= 0.6 is 11.5 Å². The number of sulfonamides is 1. The molecular formula is C20H20N4O3S2. The monoisotopic (exact) mass is 428 g/mol. The number of nitrogens with zero attached hydrogens (tertiary/aromatic N) is 3. The second-order valence-corrected chi connectivity index (χ2v) is 9.36. The number of carbonyl (C=O) groups is 1. The number of carbonyl (C=O) groups excluding carboxylic acids is 1. The van der Waals surface area contributed by atoms with Gasteiger partial charge in [-0.2, -0.15) is 4.31 Å². The maximum absolute atomic E-state index is 12.9. The first-order valence-electron chi connectivity index (χ1n) is 9.33. The van der Waals surface area contributed by atoms with Gasteiger partial charge in [-0.25, -0.2) is 8.42 Å². The van der Waals surface area contributed by atoms with Crippen molar-refractivity contribution in [2.45, 2.75) is 24.2 Å². The summed E-state index contributed by atoms with van der Waals surface area (Å²) in [4.78, 5) is 12.8. The van der Waals surface area contributed by atoms with E-state index in [9.17, 15) is 13.2 Å². The molecule has 0 atom stereocenters. The molecule has 1 aliphatic heterocycles. The van der Waals surface area contributed by atoms with Crippen molar-refractivity contribution in [2.24, 2.45) is 0 Å². The molecule has 3 aromatic rings. The number of benzene rings is 2. The minimum absolute atomic E-state index is 0.151. The Morgan fingerprint density at radius 1 is 1.03 bits per heavy atom. The van der Waals surface area contributed by atoms with Gasteiger partial charge in [0, 0.05) is 35.3 Å². The van der Waals surface area contributed by atoms with Crippen molar-refractivity contribution in [3.8, 4) is 11.3 Å². The van der Waals surface area contributed by atoms with Crippen molar-refractivity contribution in [3.63, 3.8) is 0 Å². The van der Waals surface area contributed by atoms with E-state index in [0.717, 1.165) is 30.5 Å². The SMILES string of the molecule is O=C(Nc1ccc(-c2csnn2)cc1)c1cccc(S(=O)(=O)N2CCCCC2)c1. The first-order valence-corrected chi connectivity index (χ1v) is 11.6. The van der Waals surface area contributed by atoms with E-state index in [1.165, 1.54) is 28.0 Å². The number of hydrogen-bond donors (Lipinski definition) is 1. The number of aromatic nitrogens is 2. The Morgan fingerprint density at radius 2 is 1.79 bits per heavy atom. The minimum Gasteiger partial charge on any atom is -0.322 e. The van der Waals surface area contributed by atoms with Crippen LogP contribution < -0.4 is 5.32 Å². The summed E-state index contributed by atoms with van der Waals surface area (Å²) in [5.41, 5.74) is 2.61. The van der Waals surface area contributed by atoms with Crippen molar-refractivity contribution in [2.75, 3.05) is 18.4 Å². The van der Waals surface area contributed by atoms with Gasteiger partial charge >= 0.3 is 0 Å². The quantitative estimate of drug-likeness (QED) is 0.670. The number of hydrogen-bond acceptors (Lipinski definition) is 6. The lowest BCUT2D eigenvalue weighted by Gasteiger charge is -2.26. The Hall–Kier alpha value is -2.62. The normalized spacial score (nSPS) is 15.2. The highest BCUT2D eigenvalue weighted by molar-refractivity contribution is 7.89. The molecule has 2 aromatic carbocycles. The van der Waals surface area contributed by atoms with Gasteiger partial charge in [0.25, 0.3) is 5.91 Å². The lowest BCUT2D eigenvalue weighted by Crippen LogP contribution is -2.35. The van der Waals surface area contributed by atoms with E-state index in [4.69, 9.17) is 0 Å². The van der Waals surface area contributed by atoms with Gasteiger partial charge in [0.05, 0.1) is 4.90 Å². The molecule has 1 fully saturated rings. The van der Waals surface area contributed by atoms with Crippen LogP contribution in [0.5, 0.6) is 0 Å². The number of amides is 1. The van der Waals surface area contributed by atoms with Crippen LogP contribution in [0.2, 0.25) is 0 Å². The van der Waals surface area contributed by atoms with E-state index in [2.05, 4.69) is 14.9 Å². The summed E-state index contributed by atoms with van der Waals surface area (Å²) in [5.74, 6) is -0.358. The Balaban J connectivity index is 1.50. The fourth-order valence-corrected chi connectivity index (χ4v) is 5.30. The van der Waals surface area contributed by atoms with E-state index >= 15 is 0 Å². The van der Waals surface area contributed by atoms with Crippen LogP contribution in [0, 0.1) is 0 Å². The van der Waals surface area contributed by atoms with Crippen molar-refractivity contribution < 1.29 is 13.2 Å². The molecule has 0 saturated carbocycles. The zero-order valence-electron chi connectivity index (χ0n) is 15.6. The molecule has 0 radical (unpaired) electrons. The minimum atomic E-state index is -3.58. The topological polar surface area (TPSA) is 92.3 Å². The summed E-state index contributed by atoms with van der Waals surface area (Å²) in [6, 6.07) is 13.4. The van der Waals surface area contributed by atoms with Crippen LogP contribution in [0.4, 0.5) is 5.69 Å². The van der Waals surface area contributed by atoms with E-state index in [1.54, 1.807) is 24.3 Å². The van der Waals surface area contributed by atoms with E-state index < -0.39 is 10.0 Å². The summed E-state index contributed by atoms with van der Waals surface area (Å²) in [7, 11) is -3.58. The molecule has 1 aliphatic rings. The Bertz CT molecular complexity index is 1090. The zero-order valence-corrected chi connectivity index (χ0v) is 17.2. The molecule has 7 nitrogen and oxygen atoms in total. The van der Waals surface area contributed by atoms with E-state index in [0.29, 0.717) is 24.3 Å². The molecule has 1 aromatic heterocycles. The smallest absolute Gasteiger partial charge is 0.255 e. The summed E-state index contributed by atoms with van der Waals surface area (Å²) in [6.45, 7) is 1.05. The largest absolute Gasteiger partial charge is 0.322 e. The molecule has 1 saturated heterocycles. The highest BCUT2D eigenvalue weighted by Gasteiger charge is 2.26. The third-order valence-electron chi connectivity index (χ3n) is 4.85. The van der Waals surface area contributed by atoms with Crippen LogP contribution in [-0.4, -0.2) is 41.3 Å². The maximum atomic E-state index is 12.9. The molecular weight excluding hydrogens is 408 g/mol. The van der Waals surface area contributed by atoms with Crippen molar-refractivity contribution in [3.05, 3.63) is 59.5 Å². The van der Waals surface area contributed by atoms with Crippen LogP contribution in [0.3, 0.4) is 0 Å². The maximum Gasteiger partial charge on any atom is 0.255 e. The summed E-state index contributed by atoms with van der Waals surface area (Å²) >= 11 is 1.28. The summed E-state index contributed by atoms with van der Waals surface area (Å²) in [5, 5.41) is 8.67. The Morgan fingerprint density at radius 3 is 2.48 bits per heavy atom. The van der Waals surface area contributed by atoms with Gasteiger partial charge < -0.3 is 5.32 Å². The van der Waals surface area contributed by atoms with E-state index in [1.807, 2.05) is 17.5 Å². The molecule has 4 rings (SSSR count).